The van der Waals surface area contributed by atoms with E-state index in [9.17, 15) is 10.1 Å². The second-order valence-corrected chi connectivity index (χ2v) is 5.71. The van der Waals surface area contributed by atoms with Crippen molar-refractivity contribution in [3.8, 4) is 6.07 Å². The van der Waals surface area contributed by atoms with E-state index in [1.165, 1.54) is 0 Å². The van der Waals surface area contributed by atoms with Crippen molar-refractivity contribution in [3.63, 3.8) is 0 Å². The van der Waals surface area contributed by atoms with Gasteiger partial charge in [0.2, 0.25) is 0 Å². The second kappa shape index (κ2) is 6.02. The van der Waals surface area contributed by atoms with Gasteiger partial charge in [0.1, 0.15) is 6.07 Å². The number of carboxylic acid groups (broad SMARTS) is 1. The van der Waals surface area contributed by atoms with E-state index in [0.717, 1.165) is 29.4 Å². The Morgan fingerprint density at radius 2 is 2.00 bits per heavy atom. The van der Waals surface area contributed by atoms with Gasteiger partial charge in [0.25, 0.3) is 0 Å². The Hall–Kier alpha value is -2.61. The van der Waals surface area contributed by atoms with Crippen LogP contribution in [0.25, 0.3) is 10.9 Å². The Kier molecular flexibility index (Phi) is 3.92. The molecule has 1 aliphatic rings. The van der Waals surface area contributed by atoms with E-state index in [0.29, 0.717) is 18.4 Å². The minimum Gasteiger partial charge on any atom is -0.481 e. The largest absolute Gasteiger partial charge is 0.481 e. The zero-order chi connectivity index (χ0) is 15.5. The van der Waals surface area contributed by atoms with Gasteiger partial charge in [-0.2, -0.15) is 5.26 Å². The number of hydrogen-bond donors (Lipinski definition) is 2. The number of fused-ring (bicyclic) bond motifs is 1. The molecule has 1 aromatic carbocycles. The SMILES string of the molecule is N#Cc1cnc2ccccc2c1NC1CCC(C(=O)O)CC1. The summed E-state index contributed by atoms with van der Waals surface area (Å²) in [6, 6.07) is 10.1. The maximum absolute atomic E-state index is 11.0. The zero-order valence-corrected chi connectivity index (χ0v) is 12.1. The number of nitriles is 1. The maximum Gasteiger partial charge on any atom is 0.306 e. The number of aromatic nitrogens is 1. The lowest BCUT2D eigenvalue weighted by Gasteiger charge is -2.28. The lowest BCUT2D eigenvalue weighted by atomic mass is 9.86. The van der Waals surface area contributed by atoms with Crippen LogP contribution in [0, 0.1) is 17.2 Å². The van der Waals surface area contributed by atoms with Gasteiger partial charge in [-0.1, -0.05) is 18.2 Å². The van der Waals surface area contributed by atoms with Gasteiger partial charge in [0, 0.05) is 17.6 Å². The van der Waals surface area contributed by atoms with Crippen LogP contribution in [0.15, 0.2) is 30.5 Å². The molecule has 22 heavy (non-hydrogen) atoms. The first-order chi connectivity index (χ1) is 10.7. The van der Waals surface area contributed by atoms with E-state index < -0.39 is 5.97 Å². The van der Waals surface area contributed by atoms with Gasteiger partial charge in [0.05, 0.1) is 22.7 Å². The number of nitrogens with one attached hydrogen (secondary N) is 1. The summed E-state index contributed by atoms with van der Waals surface area (Å²) in [5.74, 6) is -0.937. The van der Waals surface area contributed by atoms with Crippen LogP contribution >= 0.6 is 0 Å². The Bertz CT molecular complexity index is 743. The fourth-order valence-corrected chi connectivity index (χ4v) is 3.07. The number of hydrogen-bond acceptors (Lipinski definition) is 4. The normalized spacial score (nSPS) is 21.2. The summed E-state index contributed by atoms with van der Waals surface area (Å²) in [5.41, 5.74) is 2.19. The van der Waals surface area contributed by atoms with Crippen LogP contribution in [0.4, 0.5) is 5.69 Å². The number of anilines is 1. The molecule has 0 unspecified atom stereocenters. The first kappa shape index (κ1) is 14.3. The van der Waals surface area contributed by atoms with Crippen LogP contribution in [0.2, 0.25) is 0 Å². The first-order valence-electron chi connectivity index (χ1n) is 7.46. The molecular weight excluding hydrogens is 278 g/mol. The predicted molar refractivity (Wildman–Crippen MR) is 83.5 cm³/mol. The Labute approximate surface area is 128 Å². The molecule has 1 saturated carbocycles. The molecule has 1 fully saturated rings. The van der Waals surface area contributed by atoms with Gasteiger partial charge in [-0.25, -0.2) is 0 Å². The Morgan fingerprint density at radius 3 is 2.68 bits per heavy atom. The van der Waals surface area contributed by atoms with Gasteiger partial charge in [0.15, 0.2) is 0 Å². The third kappa shape index (κ3) is 2.73. The lowest BCUT2D eigenvalue weighted by Crippen LogP contribution is -2.29. The van der Waals surface area contributed by atoms with E-state index in [4.69, 9.17) is 5.11 Å². The number of carbonyl (C=O) groups is 1. The zero-order valence-electron chi connectivity index (χ0n) is 12.1. The summed E-state index contributed by atoms with van der Waals surface area (Å²) in [6.45, 7) is 0. The highest BCUT2D eigenvalue weighted by atomic mass is 16.4. The van der Waals surface area contributed by atoms with Crippen LogP contribution in [-0.4, -0.2) is 22.1 Å². The number of aliphatic carboxylic acids is 1. The fraction of sp³-hybridized carbons (Fsp3) is 0.353. The molecule has 1 aliphatic carbocycles. The quantitative estimate of drug-likeness (QED) is 0.908. The van der Waals surface area contributed by atoms with Gasteiger partial charge in [-0.3, -0.25) is 9.78 Å². The number of para-hydroxylation sites is 1. The standard InChI is InChI=1S/C17H17N3O2/c18-9-12-10-19-15-4-2-1-3-14(15)16(12)20-13-7-5-11(6-8-13)17(21)22/h1-4,10-11,13H,5-8H2,(H,19,20)(H,21,22). The topological polar surface area (TPSA) is 86.0 Å². The molecular formula is C17H17N3O2. The highest BCUT2D eigenvalue weighted by Gasteiger charge is 2.26. The molecule has 5 nitrogen and oxygen atoms in total. The molecule has 5 heteroatoms. The summed E-state index contributed by atoms with van der Waals surface area (Å²) in [6.07, 6.45) is 4.56. The summed E-state index contributed by atoms with van der Waals surface area (Å²) in [7, 11) is 0. The van der Waals surface area contributed by atoms with E-state index in [-0.39, 0.29) is 12.0 Å². The summed E-state index contributed by atoms with van der Waals surface area (Å²) < 4.78 is 0. The van der Waals surface area contributed by atoms with Crippen molar-refractivity contribution in [2.45, 2.75) is 31.7 Å². The maximum atomic E-state index is 11.0. The smallest absolute Gasteiger partial charge is 0.306 e. The number of nitrogens with zero attached hydrogens (tertiary/aromatic N) is 2. The van der Waals surface area contributed by atoms with Gasteiger partial charge >= 0.3 is 5.97 Å². The molecule has 0 radical (unpaired) electrons. The van der Waals surface area contributed by atoms with Crippen molar-refractivity contribution in [1.29, 1.82) is 5.26 Å². The minimum atomic E-state index is -0.703. The van der Waals surface area contributed by atoms with Crippen molar-refractivity contribution < 1.29 is 9.90 Å². The second-order valence-electron chi connectivity index (χ2n) is 5.71. The molecule has 2 aromatic rings. The Balaban J connectivity index is 1.85. The van der Waals surface area contributed by atoms with Gasteiger partial charge in [-0.15, -0.1) is 0 Å². The molecule has 0 amide bonds. The van der Waals surface area contributed by atoms with Crippen molar-refractivity contribution in [2.24, 2.45) is 5.92 Å². The van der Waals surface area contributed by atoms with Crippen molar-refractivity contribution >= 4 is 22.6 Å². The lowest BCUT2D eigenvalue weighted by molar-refractivity contribution is -0.142. The first-order valence-corrected chi connectivity index (χ1v) is 7.46. The summed E-state index contributed by atoms with van der Waals surface area (Å²) >= 11 is 0. The van der Waals surface area contributed by atoms with Gasteiger partial charge < -0.3 is 10.4 Å². The highest BCUT2D eigenvalue weighted by Crippen LogP contribution is 2.31. The molecule has 1 aromatic heterocycles. The average molecular weight is 295 g/mol. The Morgan fingerprint density at radius 1 is 1.27 bits per heavy atom. The van der Waals surface area contributed by atoms with Crippen LogP contribution < -0.4 is 5.32 Å². The van der Waals surface area contributed by atoms with Crippen LogP contribution in [0.1, 0.15) is 31.2 Å². The third-order valence-electron chi connectivity index (χ3n) is 4.32. The van der Waals surface area contributed by atoms with E-state index in [1.807, 2.05) is 24.3 Å². The average Bonchev–Trinajstić information content (AvgIpc) is 2.55. The number of pyridine rings is 1. The van der Waals surface area contributed by atoms with Crippen LogP contribution in [0.3, 0.4) is 0 Å². The third-order valence-corrected chi connectivity index (χ3v) is 4.32. The molecule has 0 bridgehead atoms. The molecule has 112 valence electrons. The molecule has 1 heterocycles. The molecule has 0 saturated heterocycles. The monoisotopic (exact) mass is 295 g/mol. The van der Waals surface area contributed by atoms with E-state index in [1.54, 1.807) is 6.20 Å². The van der Waals surface area contributed by atoms with E-state index in [2.05, 4.69) is 16.4 Å². The molecule has 2 N–H and O–H groups in total. The number of benzene rings is 1. The molecule has 0 spiro atoms. The van der Waals surface area contributed by atoms with Crippen molar-refractivity contribution in [1.82, 2.24) is 4.98 Å². The number of carboxylic acids is 1. The van der Waals surface area contributed by atoms with Crippen LogP contribution in [0.5, 0.6) is 0 Å². The molecule has 3 rings (SSSR count). The predicted octanol–water partition coefficient (Wildman–Crippen LogP) is 3.16. The highest BCUT2D eigenvalue weighted by molar-refractivity contribution is 5.94. The van der Waals surface area contributed by atoms with Gasteiger partial charge in [-0.05, 0) is 31.7 Å². The summed E-state index contributed by atoms with van der Waals surface area (Å²) in [4.78, 5) is 15.3. The molecule has 0 aliphatic heterocycles. The summed E-state index contributed by atoms with van der Waals surface area (Å²) in [5, 5.41) is 22.8. The van der Waals surface area contributed by atoms with Crippen LogP contribution in [-0.2, 0) is 4.79 Å². The number of rotatable bonds is 3. The minimum absolute atomic E-state index is 0.202. The van der Waals surface area contributed by atoms with Crippen molar-refractivity contribution in [3.05, 3.63) is 36.0 Å². The van der Waals surface area contributed by atoms with Crippen molar-refractivity contribution in [2.75, 3.05) is 5.32 Å². The van der Waals surface area contributed by atoms with E-state index >= 15 is 0 Å². The molecule has 0 atom stereocenters. The fourth-order valence-electron chi connectivity index (χ4n) is 3.07.